The fourth-order valence-corrected chi connectivity index (χ4v) is 3.99. The van der Waals surface area contributed by atoms with E-state index in [0.29, 0.717) is 6.04 Å². The zero-order valence-electron chi connectivity index (χ0n) is 11.3. The quantitative estimate of drug-likeness (QED) is 0.788. The lowest BCUT2D eigenvalue weighted by molar-refractivity contribution is -0.123. The first-order valence-electron chi connectivity index (χ1n) is 6.91. The van der Waals surface area contributed by atoms with Crippen LogP contribution in [0.5, 0.6) is 0 Å². The predicted molar refractivity (Wildman–Crippen MR) is 74.9 cm³/mol. The minimum Gasteiger partial charge on any atom is -0.380 e. The van der Waals surface area contributed by atoms with Gasteiger partial charge in [0.1, 0.15) is 0 Å². The highest BCUT2D eigenvalue weighted by Crippen LogP contribution is 2.29. The van der Waals surface area contributed by atoms with Crippen LogP contribution in [-0.2, 0) is 9.53 Å². The number of hydrogen-bond donors (Lipinski definition) is 2. The summed E-state index contributed by atoms with van der Waals surface area (Å²) in [6, 6.07) is 0.317. The van der Waals surface area contributed by atoms with Crippen LogP contribution < -0.4 is 10.6 Å². The second-order valence-electron chi connectivity index (χ2n) is 5.15. The van der Waals surface area contributed by atoms with Crippen molar-refractivity contribution in [2.75, 3.05) is 19.4 Å². The number of amides is 1. The molecule has 0 radical (unpaired) electrons. The van der Waals surface area contributed by atoms with Gasteiger partial charge in [0, 0.05) is 24.9 Å². The van der Waals surface area contributed by atoms with Gasteiger partial charge in [-0.2, -0.15) is 11.8 Å². The second kappa shape index (κ2) is 6.78. The lowest BCUT2D eigenvalue weighted by Gasteiger charge is -2.16. The highest BCUT2D eigenvalue weighted by atomic mass is 32.2. The largest absolute Gasteiger partial charge is 0.380 e. The maximum absolute atomic E-state index is 12.1. The fourth-order valence-electron chi connectivity index (χ4n) is 2.84. The van der Waals surface area contributed by atoms with Gasteiger partial charge in [0.25, 0.3) is 0 Å². The summed E-state index contributed by atoms with van der Waals surface area (Å²) in [6.45, 7) is 2.98. The third kappa shape index (κ3) is 3.62. The van der Waals surface area contributed by atoms with Gasteiger partial charge in [-0.15, -0.1) is 0 Å². The number of ether oxygens (including phenoxy) is 1. The van der Waals surface area contributed by atoms with Crippen molar-refractivity contribution in [2.45, 2.75) is 56.0 Å². The summed E-state index contributed by atoms with van der Waals surface area (Å²) < 4.78 is 5.26. The van der Waals surface area contributed by atoms with Crippen LogP contribution in [0.3, 0.4) is 0 Å². The van der Waals surface area contributed by atoms with Crippen molar-refractivity contribution < 1.29 is 9.53 Å². The minimum atomic E-state index is -0.0622. The summed E-state index contributed by atoms with van der Waals surface area (Å²) in [6.07, 6.45) is 4.48. The van der Waals surface area contributed by atoms with E-state index >= 15 is 0 Å². The molecule has 2 rings (SSSR count). The van der Waals surface area contributed by atoms with Crippen LogP contribution in [0.2, 0.25) is 0 Å². The minimum absolute atomic E-state index is 0.0622. The number of hydrogen-bond acceptors (Lipinski definition) is 4. The first-order valence-corrected chi connectivity index (χ1v) is 7.96. The Balaban J connectivity index is 1.72. The summed E-state index contributed by atoms with van der Waals surface area (Å²) in [7, 11) is 1.70. The molecule has 2 aliphatic rings. The van der Waals surface area contributed by atoms with E-state index < -0.39 is 0 Å². The predicted octanol–water partition coefficient (Wildman–Crippen LogP) is 1.15. The van der Waals surface area contributed by atoms with Crippen molar-refractivity contribution in [1.82, 2.24) is 10.6 Å². The van der Waals surface area contributed by atoms with E-state index in [0.717, 1.165) is 31.1 Å². The Kier molecular flexibility index (Phi) is 5.33. The summed E-state index contributed by atoms with van der Waals surface area (Å²) >= 11 is 2.02. The molecule has 18 heavy (non-hydrogen) atoms. The molecule has 4 atom stereocenters. The van der Waals surface area contributed by atoms with Crippen LogP contribution in [0.1, 0.15) is 32.6 Å². The molecule has 104 valence electrons. The van der Waals surface area contributed by atoms with Crippen LogP contribution >= 0.6 is 11.8 Å². The first kappa shape index (κ1) is 14.2. The lowest BCUT2D eigenvalue weighted by atomic mass is 10.1. The Morgan fingerprint density at radius 1 is 1.44 bits per heavy atom. The monoisotopic (exact) mass is 272 g/mol. The fraction of sp³-hybridized carbons (Fsp3) is 0.923. The molecule has 1 heterocycles. The van der Waals surface area contributed by atoms with Gasteiger partial charge in [-0.25, -0.2) is 0 Å². The van der Waals surface area contributed by atoms with Crippen LogP contribution in [0.4, 0.5) is 0 Å². The molecule has 1 aliphatic carbocycles. The van der Waals surface area contributed by atoms with Crippen molar-refractivity contribution in [2.24, 2.45) is 0 Å². The Bertz CT molecular complexity index is 288. The van der Waals surface area contributed by atoms with Gasteiger partial charge in [-0.1, -0.05) is 6.92 Å². The van der Waals surface area contributed by atoms with E-state index in [4.69, 9.17) is 4.74 Å². The number of methoxy groups -OCH3 is 1. The molecule has 0 aromatic rings. The number of carbonyl (C=O) groups excluding carboxylic acids is 1. The maximum Gasteiger partial charge on any atom is 0.237 e. The summed E-state index contributed by atoms with van der Waals surface area (Å²) in [4.78, 5) is 12.1. The molecule has 4 nitrogen and oxygen atoms in total. The molecule has 1 saturated carbocycles. The van der Waals surface area contributed by atoms with E-state index in [2.05, 4.69) is 17.6 Å². The Labute approximate surface area is 114 Å². The topological polar surface area (TPSA) is 50.4 Å². The summed E-state index contributed by atoms with van der Waals surface area (Å²) in [5, 5.41) is 7.15. The van der Waals surface area contributed by atoms with E-state index in [1.54, 1.807) is 7.11 Å². The van der Waals surface area contributed by atoms with Gasteiger partial charge < -0.3 is 15.4 Å². The molecule has 0 aromatic heterocycles. The standard InChI is InChI=1S/C13H24N2O2S/c1-3-18-11-5-4-9(6-11)15-13(16)12-7-10(17-2)8-14-12/h9-12,14H,3-8H2,1-2H3,(H,15,16). The van der Waals surface area contributed by atoms with Crippen molar-refractivity contribution in [3.8, 4) is 0 Å². The molecule has 1 saturated heterocycles. The molecular weight excluding hydrogens is 248 g/mol. The van der Waals surface area contributed by atoms with E-state index in [9.17, 15) is 4.79 Å². The van der Waals surface area contributed by atoms with Crippen molar-refractivity contribution in [1.29, 1.82) is 0 Å². The highest BCUT2D eigenvalue weighted by molar-refractivity contribution is 7.99. The lowest BCUT2D eigenvalue weighted by Crippen LogP contribution is -2.44. The van der Waals surface area contributed by atoms with Gasteiger partial charge in [-0.3, -0.25) is 4.79 Å². The first-order chi connectivity index (χ1) is 8.72. The third-order valence-corrected chi connectivity index (χ3v) is 5.11. The van der Waals surface area contributed by atoms with Crippen LogP contribution in [0, 0.1) is 0 Å². The van der Waals surface area contributed by atoms with Crippen molar-refractivity contribution in [3.63, 3.8) is 0 Å². The molecule has 5 heteroatoms. The number of rotatable bonds is 5. The third-order valence-electron chi connectivity index (χ3n) is 3.87. The SMILES string of the molecule is CCSC1CCC(NC(=O)C2CC(OC)CN2)C1. The van der Waals surface area contributed by atoms with Gasteiger partial charge >= 0.3 is 0 Å². The van der Waals surface area contributed by atoms with Gasteiger partial charge in [0.2, 0.25) is 5.91 Å². The molecule has 4 unspecified atom stereocenters. The molecule has 2 fully saturated rings. The second-order valence-corrected chi connectivity index (χ2v) is 6.73. The molecule has 1 amide bonds. The number of carbonyl (C=O) groups is 1. The van der Waals surface area contributed by atoms with Crippen LogP contribution in [-0.4, -0.2) is 48.8 Å². The Morgan fingerprint density at radius 2 is 2.28 bits per heavy atom. The van der Waals surface area contributed by atoms with E-state index in [1.807, 2.05) is 11.8 Å². The molecule has 2 N–H and O–H groups in total. The smallest absolute Gasteiger partial charge is 0.237 e. The molecule has 0 bridgehead atoms. The van der Waals surface area contributed by atoms with E-state index in [1.165, 1.54) is 12.2 Å². The molecule has 0 aromatic carbocycles. The maximum atomic E-state index is 12.1. The normalized spacial score (nSPS) is 35.9. The van der Waals surface area contributed by atoms with E-state index in [-0.39, 0.29) is 18.1 Å². The van der Waals surface area contributed by atoms with Crippen LogP contribution in [0.15, 0.2) is 0 Å². The molecule has 0 spiro atoms. The van der Waals surface area contributed by atoms with Gasteiger partial charge in [-0.05, 0) is 31.4 Å². The number of nitrogens with one attached hydrogen (secondary N) is 2. The average molecular weight is 272 g/mol. The number of thioether (sulfide) groups is 1. The van der Waals surface area contributed by atoms with Crippen LogP contribution in [0.25, 0.3) is 0 Å². The van der Waals surface area contributed by atoms with Gasteiger partial charge in [0.05, 0.1) is 12.1 Å². The summed E-state index contributed by atoms with van der Waals surface area (Å²) in [5.74, 6) is 1.33. The highest BCUT2D eigenvalue weighted by Gasteiger charge is 2.32. The Hall–Kier alpha value is -0.260. The molecular formula is C13H24N2O2S. The Morgan fingerprint density at radius 3 is 2.94 bits per heavy atom. The van der Waals surface area contributed by atoms with Crippen molar-refractivity contribution >= 4 is 17.7 Å². The van der Waals surface area contributed by atoms with Crippen molar-refractivity contribution in [3.05, 3.63) is 0 Å². The molecule has 1 aliphatic heterocycles. The summed E-state index contributed by atoms with van der Waals surface area (Å²) in [5.41, 5.74) is 0. The average Bonchev–Trinajstić information content (AvgIpc) is 2.98. The zero-order valence-corrected chi connectivity index (χ0v) is 12.1. The zero-order chi connectivity index (χ0) is 13.0. The van der Waals surface area contributed by atoms with Gasteiger partial charge in [0.15, 0.2) is 0 Å².